The van der Waals surface area contributed by atoms with Gasteiger partial charge in [-0.05, 0) is 42.5 Å². The zero-order valence-corrected chi connectivity index (χ0v) is 19.0. The van der Waals surface area contributed by atoms with Crippen LogP contribution in [-0.2, 0) is 24.1 Å². The maximum Gasteiger partial charge on any atom is 0.328 e. The predicted molar refractivity (Wildman–Crippen MR) is 117 cm³/mol. The minimum Gasteiger partial charge on any atom is -0.336 e. The Bertz CT molecular complexity index is 1290. The summed E-state index contributed by atoms with van der Waals surface area (Å²) in [6.07, 6.45) is 0. The second-order valence-electron chi connectivity index (χ2n) is 7.25. The highest BCUT2D eigenvalue weighted by Gasteiger charge is 2.31. The zero-order chi connectivity index (χ0) is 21.6. The number of rotatable bonds is 3. The third-order valence-corrected chi connectivity index (χ3v) is 7.92. The minimum absolute atomic E-state index is 0.111. The largest absolute Gasteiger partial charge is 0.336 e. The summed E-state index contributed by atoms with van der Waals surface area (Å²) in [6, 6.07) is 11.8. The molecule has 2 aromatic carbocycles. The van der Waals surface area contributed by atoms with Crippen LogP contribution in [0.25, 0.3) is 11.0 Å². The number of aromatic nitrogens is 2. The van der Waals surface area contributed by atoms with E-state index >= 15 is 0 Å². The number of piperazine rings is 1. The van der Waals surface area contributed by atoms with E-state index in [0.717, 1.165) is 4.47 Å². The minimum atomic E-state index is -3.73. The number of amides is 1. The SMILES string of the molecule is Cn1c(=O)n(C)c2cc(S(=O)(=O)N3CCN(C(=O)c4ccc(Br)cc4)CC3)ccc21. The van der Waals surface area contributed by atoms with Crippen LogP contribution in [0, 0.1) is 0 Å². The fourth-order valence-corrected chi connectivity index (χ4v) is 5.41. The van der Waals surface area contributed by atoms with Crippen LogP contribution >= 0.6 is 15.9 Å². The lowest BCUT2D eigenvalue weighted by atomic mass is 10.2. The summed E-state index contributed by atoms with van der Waals surface area (Å²) >= 11 is 3.35. The molecule has 1 aromatic heterocycles. The summed E-state index contributed by atoms with van der Waals surface area (Å²) < 4.78 is 31.5. The van der Waals surface area contributed by atoms with E-state index in [1.165, 1.54) is 25.6 Å². The second-order valence-corrected chi connectivity index (χ2v) is 10.1. The van der Waals surface area contributed by atoms with Crippen LogP contribution in [0.3, 0.4) is 0 Å². The monoisotopic (exact) mass is 492 g/mol. The zero-order valence-electron chi connectivity index (χ0n) is 16.6. The molecule has 4 rings (SSSR count). The Kier molecular flexibility index (Phi) is 5.33. The van der Waals surface area contributed by atoms with Crippen molar-refractivity contribution in [2.75, 3.05) is 26.2 Å². The van der Waals surface area contributed by atoms with Crippen molar-refractivity contribution in [1.82, 2.24) is 18.3 Å². The van der Waals surface area contributed by atoms with Gasteiger partial charge in [0.15, 0.2) is 0 Å². The van der Waals surface area contributed by atoms with Gasteiger partial charge in [0.2, 0.25) is 10.0 Å². The van der Waals surface area contributed by atoms with Crippen molar-refractivity contribution in [2.45, 2.75) is 4.90 Å². The van der Waals surface area contributed by atoms with Crippen molar-refractivity contribution in [2.24, 2.45) is 14.1 Å². The smallest absolute Gasteiger partial charge is 0.328 e. The molecule has 0 radical (unpaired) electrons. The van der Waals surface area contributed by atoms with Gasteiger partial charge in [-0.15, -0.1) is 0 Å². The van der Waals surface area contributed by atoms with Gasteiger partial charge < -0.3 is 4.90 Å². The Morgan fingerprint density at radius 1 is 0.900 bits per heavy atom. The summed E-state index contributed by atoms with van der Waals surface area (Å²) in [7, 11) is -0.457. The molecular weight excluding hydrogens is 472 g/mol. The van der Waals surface area contributed by atoms with Crippen LogP contribution in [0.1, 0.15) is 10.4 Å². The molecule has 0 spiro atoms. The highest BCUT2D eigenvalue weighted by Crippen LogP contribution is 2.23. The van der Waals surface area contributed by atoms with Crippen molar-refractivity contribution in [3.63, 3.8) is 0 Å². The van der Waals surface area contributed by atoms with Crippen molar-refractivity contribution in [3.05, 3.63) is 63.0 Å². The van der Waals surface area contributed by atoms with E-state index < -0.39 is 10.0 Å². The molecule has 10 heteroatoms. The molecule has 0 unspecified atom stereocenters. The molecule has 1 aliphatic heterocycles. The van der Waals surface area contributed by atoms with Crippen LogP contribution in [0.2, 0.25) is 0 Å². The first-order valence-electron chi connectivity index (χ1n) is 9.40. The molecule has 1 fully saturated rings. The molecule has 158 valence electrons. The molecular formula is C20H21BrN4O4S. The van der Waals surface area contributed by atoms with E-state index in [1.54, 1.807) is 49.3 Å². The van der Waals surface area contributed by atoms with Crippen molar-refractivity contribution in [1.29, 1.82) is 0 Å². The van der Waals surface area contributed by atoms with E-state index in [-0.39, 0.29) is 29.6 Å². The maximum atomic E-state index is 13.1. The number of nitrogens with zero attached hydrogens (tertiary/aromatic N) is 4. The van der Waals surface area contributed by atoms with Crippen molar-refractivity contribution >= 4 is 42.9 Å². The molecule has 1 saturated heterocycles. The van der Waals surface area contributed by atoms with Crippen LogP contribution in [0.15, 0.2) is 56.6 Å². The van der Waals surface area contributed by atoms with Gasteiger partial charge in [0.1, 0.15) is 0 Å². The number of aryl methyl sites for hydroxylation is 2. The molecule has 0 atom stereocenters. The molecule has 0 N–H and O–H groups in total. The van der Waals surface area contributed by atoms with Gasteiger partial charge in [0, 0.05) is 50.3 Å². The summed E-state index contributed by atoms with van der Waals surface area (Å²) in [5, 5.41) is 0. The van der Waals surface area contributed by atoms with Gasteiger partial charge in [-0.2, -0.15) is 4.31 Å². The van der Waals surface area contributed by atoms with Gasteiger partial charge in [0.05, 0.1) is 15.9 Å². The summed E-state index contributed by atoms with van der Waals surface area (Å²) in [6.45, 7) is 1.08. The Hall–Kier alpha value is -2.43. The van der Waals surface area contributed by atoms with Crippen LogP contribution < -0.4 is 5.69 Å². The standard InChI is InChI=1S/C20H21BrN4O4S/c1-22-17-8-7-16(13-18(17)23(2)20(22)27)30(28,29)25-11-9-24(10-12-25)19(26)14-3-5-15(21)6-4-14/h3-8,13H,9-12H2,1-2H3. The first-order valence-corrected chi connectivity index (χ1v) is 11.6. The number of hydrogen-bond acceptors (Lipinski definition) is 4. The summed E-state index contributed by atoms with van der Waals surface area (Å²) in [5.74, 6) is -0.111. The van der Waals surface area contributed by atoms with Crippen LogP contribution in [-0.4, -0.2) is 58.8 Å². The van der Waals surface area contributed by atoms with Crippen LogP contribution in [0.4, 0.5) is 0 Å². The quantitative estimate of drug-likeness (QED) is 0.557. The molecule has 0 saturated carbocycles. The third-order valence-electron chi connectivity index (χ3n) is 5.50. The van der Waals surface area contributed by atoms with Gasteiger partial charge >= 0.3 is 5.69 Å². The number of halogens is 1. The molecule has 1 aliphatic rings. The average molecular weight is 493 g/mol. The number of imidazole rings is 1. The molecule has 0 bridgehead atoms. The first kappa shape index (κ1) is 20.8. The average Bonchev–Trinajstić information content (AvgIpc) is 2.97. The number of carbonyl (C=O) groups is 1. The molecule has 2 heterocycles. The Morgan fingerprint density at radius 2 is 1.50 bits per heavy atom. The fourth-order valence-electron chi connectivity index (χ4n) is 3.70. The van der Waals surface area contributed by atoms with E-state index in [0.29, 0.717) is 29.7 Å². The highest BCUT2D eigenvalue weighted by atomic mass is 79.9. The topological polar surface area (TPSA) is 84.6 Å². The Labute approximate surface area is 182 Å². The lowest BCUT2D eigenvalue weighted by molar-refractivity contribution is 0.0698. The number of carbonyl (C=O) groups excluding carboxylic acids is 1. The van der Waals surface area contributed by atoms with Crippen molar-refractivity contribution < 1.29 is 13.2 Å². The normalized spacial score (nSPS) is 15.6. The lowest BCUT2D eigenvalue weighted by Gasteiger charge is -2.34. The molecule has 30 heavy (non-hydrogen) atoms. The second kappa shape index (κ2) is 7.68. The molecule has 3 aromatic rings. The Morgan fingerprint density at radius 3 is 2.13 bits per heavy atom. The Balaban J connectivity index is 1.53. The van der Waals surface area contributed by atoms with E-state index in [4.69, 9.17) is 0 Å². The fraction of sp³-hybridized carbons (Fsp3) is 0.300. The number of fused-ring (bicyclic) bond motifs is 1. The van der Waals surface area contributed by atoms with Crippen LogP contribution in [0.5, 0.6) is 0 Å². The molecule has 0 aliphatic carbocycles. The van der Waals surface area contributed by atoms with E-state index in [9.17, 15) is 18.0 Å². The number of benzene rings is 2. The summed E-state index contributed by atoms with van der Waals surface area (Å²) in [5.41, 5.74) is 1.60. The van der Waals surface area contributed by atoms with E-state index in [2.05, 4.69) is 15.9 Å². The van der Waals surface area contributed by atoms with Crippen molar-refractivity contribution in [3.8, 4) is 0 Å². The highest BCUT2D eigenvalue weighted by molar-refractivity contribution is 9.10. The molecule has 8 nitrogen and oxygen atoms in total. The van der Waals surface area contributed by atoms with E-state index in [1.807, 2.05) is 0 Å². The first-order chi connectivity index (χ1) is 14.2. The van der Waals surface area contributed by atoms with Gasteiger partial charge in [0.25, 0.3) is 5.91 Å². The molecule has 1 amide bonds. The predicted octanol–water partition coefficient (Wildman–Crippen LogP) is 1.79. The number of sulfonamides is 1. The van der Waals surface area contributed by atoms with Gasteiger partial charge in [-0.3, -0.25) is 13.9 Å². The lowest BCUT2D eigenvalue weighted by Crippen LogP contribution is -2.50. The maximum absolute atomic E-state index is 13.1. The van der Waals surface area contributed by atoms with Gasteiger partial charge in [-0.1, -0.05) is 15.9 Å². The number of hydrogen-bond donors (Lipinski definition) is 0. The van der Waals surface area contributed by atoms with Gasteiger partial charge in [-0.25, -0.2) is 13.2 Å². The summed E-state index contributed by atoms with van der Waals surface area (Å²) in [4.78, 5) is 26.6. The third kappa shape index (κ3) is 3.48.